The van der Waals surface area contributed by atoms with E-state index in [0.717, 1.165) is 5.76 Å². The molecule has 5 heteroatoms. The molecule has 2 rings (SSSR count). The molecule has 0 N–H and O–H groups in total. The third-order valence-electron chi connectivity index (χ3n) is 3.96. The number of nitrogens with zero attached hydrogens (tertiary/aromatic N) is 1. The molecule has 122 valence electrons. The van der Waals surface area contributed by atoms with E-state index in [4.69, 9.17) is 9.15 Å². The van der Waals surface area contributed by atoms with Crippen LogP contribution in [0.5, 0.6) is 5.75 Å². The zero-order chi connectivity index (χ0) is 17.0. The van der Waals surface area contributed by atoms with Gasteiger partial charge in [0.2, 0.25) is 5.91 Å². The van der Waals surface area contributed by atoms with Gasteiger partial charge in [0.05, 0.1) is 25.8 Å². The lowest BCUT2D eigenvalue weighted by molar-refractivity contribution is -0.131. The van der Waals surface area contributed by atoms with Gasteiger partial charge in [0.1, 0.15) is 11.5 Å². The number of likely N-dealkylation sites (N-methyl/N-ethyl adjacent to an activating group) is 1. The Morgan fingerprint density at radius 1 is 1.30 bits per heavy atom. The van der Waals surface area contributed by atoms with Crippen LogP contribution in [0.15, 0.2) is 41.0 Å². The fourth-order valence-electron chi connectivity index (χ4n) is 2.36. The van der Waals surface area contributed by atoms with E-state index in [1.807, 2.05) is 13.0 Å². The van der Waals surface area contributed by atoms with Gasteiger partial charge in [0.15, 0.2) is 5.78 Å². The van der Waals surface area contributed by atoms with Crippen molar-refractivity contribution in [1.82, 2.24) is 4.90 Å². The van der Waals surface area contributed by atoms with E-state index in [0.29, 0.717) is 16.9 Å². The number of Topliss-reactive ketones (excluding diaryl/α,β-unsaturated/α-hetero) is 1. The Labute approximate surface area is 135 Å². The van der Waals surface area contributed by atoms with Crippen LogP contribution in [0.4, 0.5) is 0 Å². The van der Waals surface area contributed by atoms with Crippen LogP contribution in [-0.4, -0.2) is 30.7 Å². The Kier molecular flexibility index (Phi) is 5.21. The summed E-state index contributed by atoms with van der Waals surface area (Å²) in [7, 11) is 3.28. The molecule has 0 spiro atoms. The lowest BCUT2D eigenvalue weighted by Gasteiger charge is -2.23. The molecule has 0 aliphatic carbocycles. The fourth-order valence-corrected chi connectivity index (χ4v) is 2.36. The van der Waals surface area contributed by atoms with E-state index in [9.17, 15) is 9.59 Å². The van der Waals surface area contributed by atoms with Gasteiger partial charge in [-0.05, 0) is 44.2 Å². The van der Waals surface area contributed by atoms with E-state index in [-0.39, 0.29) is 24.2 Å². The van der Waals surface area contributed by atoms with E-state index >= 15 is 0 Å². The van der Waals surface area contributed by atoms with Crippen LogP contribution in [0.1, 0.15) is 41.6 Å². The van der Waals surface area contributed by atoms with E-state index in [1.165, 1.54) is 6.92 Å². The third-order valence-corrected chi connectivity index (χ3v) is 3.96. The van der Waals surface area contributed by atoms with Crippen molar-refractivity contribution in [3.05, 3.63) is 53.5 Å². The smallest absolute Gasteiger partial charge is 0.227 e. The van der Waals surface area contributed by atoms with Gasteiger partial charge in [-0.3, -0.25) is 9.59 Å². The third kappa shape index (κ3) is 3.80. The number of ether oxygens (including phenoxy) is 1. The lowest BCUT2D eigenvalue weighted by atomic mass is 10.0. The molecule has 1 unspecified atom stereocenters. The van der Waals surface area contributed by atoms with Crippen molar-refractivity contribution in [2.45, 2.75) is 26.3 Å². The minimum atomic E-state index is -0.167. The molecular weight excluding hydrogens is 294 g/mol. The summed E-state index contributed by atoms with van der Waals surface area (Å²) in [6.07, 6.45) is 1.75. The first-order valence-electron chi connectivity index (χ1n) is 7.41. The average Bonchev–Trinajstić information content (AvgIpc) is 3.07. The van der Waals surface area contributed by atoms with Gasteiger partial charge in [-0.15, -0.1) is 0 Å². The van der Waals surface area contributed by atoms with Crippen LogP contribution in [-0.2, 0) is 11.2 Å². The molecule has 0 aliphatic heterocycles. The summed E-state index contributed by atoms with van der Waals surface area (Å²) in [6.45, 7) is 3.40. The Morgan fingerprint density at radius 2 is 2.04 bits per heavy atom. The van der Waals surface area contributed by atoms with Crippen molar-refractivity contribution in [2.75, 3.05) is 14.2 Å². The molecule has 1 amide bonds. The maximum absolute atomic E-state index is 12.5. The van der Waals surface area contributed by atoms with Crippen molar-refractivity contribution in [3.8, 4) is 5.75 Å². The first-order valence-corrected chi connectivity index (χ1v) is 7.41. The largest absolute Gasteiger partial charge is 0.496 e. The number of hydrogen-bond donors (Lipinski definition) is 0. The lowest BCUT2D eigenvalue weighted by Crippen LogP contribution is -2.30. The zero-order valence-corrected chi connectivity index (χ0v) is 13.8. The SMILES string of the molecule is COc1ccc(C(C)=O)cc1CC(=O)N(C)C(C)c1ccco1. The summed E-state index contributed by atoms with van der Waals surface area (Å²) >= 11 is 0. The number of methoxy groups -OCH3 is 1. The predicted molar refractivity (Wildman–Crippen MR) is 86.6 cm³/mol. The number of benzene rings is 1. The Morgan fingerprint density at radius 3 is 2.61 bits per heavy atom. The van der Waals surface area contributed by atoms with E-state index in [2.05, 4.69) is 0 Å². The summed E-state index contributed by atoms with van der Waals surface area (Å²) in [5, 5.41) is 0. The number of amides is 1. The van der Waals surface area contributed by atoms with Gasteiger partial charge in [-0.1, -0.05) is 0 Å². The molecule has 2 aromatic rings. The normalized spacial score (nSPS) is 11.8. The second-order valence-electron chi connectivity index (χ2n) is 5.46. The predicted octanol–water partition coefficient (Wildman–Crippen LogP) is 3.25. The summed E-state index contributed by atoms with van der Waals surface area (Å²) in [6, 6.07) is 8.60. The standard InChI is InChI=1S/C18H21NO4/c1-12(16-6-5-9-23-16)19(3)18(21)11-15-10-14(13(2)20)7-8-17(15)22-4/h5-10,12H,11H2,1-4H3. The number of furan rings is 1. The second kappa shape index (κ2) is 7.13. The zero-order valence-electron chi connectivity index (χ0n) is 13.8. The molecular formula is C18H21NO4. The van der Waals surface area contributed by atoms with Crippen molar-refractivity contribution in [1.29, 1.82) is 0 Å². The maximum Gasteiger partial charge on any atom is 0.227 e. The molecule has 0 saturated carbocycles. The maximum atomic E-state index is 12.5. The Hall–Kier alpha value is -2.56. The molecule has 0 saturated heterocycles. The molecule has 0 fully saturated rings. The van der Waals surface area contributed by atoms with E-state index < -0.39 is 0 Å². The molecule has 0 bridgehead atoms. The number of rotatable bonds is 6. The number of hydrogen-bond acceptors (Lipinski definition) is 4. The van der Waals surface area contributed by atoms with Gasteiger partial charge in [0.25, 0.3) is 0 Å². The topological polar surface area (TPSA) is 59.8 Å². The average molecular weight is 315 g/mol. The van der Waals surface area contributed by atoms with Crippen LogP contribution in [0.25, 0.3) is 0 Å². The molecule has 1 aromatic carbocycles. The van der Waals surface area contributed by atoms with Crippen molar-refractivity contribution < 1.29 is 18.7 Å². The summed E-state index contributed by atoms with van der Waals surface area (Å²) < 4.78 is 10.6. The van der Waals surface area contributed by atoms with Gasteiger partial charge < -0.3 is 14.1 Å². The van der Waals surface area contributed by atoms with Crippen molar-refractivity contribution in [2.24, 2.45) is 0 Å². The summed E-state index contributed by atoms with van der Waals surface area (Å²) in [5.41, 5.74) is 1.26. The first-order chi connectivity index (χ1) is 10.9. The van der Waals surface area contributed by atoms with E-state index in [1.54, 1.807) is 49.6 Å². The molecule has 23 heavy (non-hydrogen) atoms. The molecule has 1 atom stereocenters. The van der Waals surface area contributed by atoms with Crippen LogP contribution in [0.2, 0.25) is 0 Å². The molecule has 0 aliphatic rings. The van der Waals surface area contributed by atoms with Crippen LogP contribution >= 0.6 is 0 Å². The highest BCUT2D eigenvalue weighted by molar-refractivity contribution is 5.94. The summed E-state index contributed by atoms with van der Waals surface area (Å²) in [5.74, 6) is 1.21. The quantitative estimate of drug-likeness (QED) is 0.768. The van der Waals surface area contributed by atoms with Gasteiger partial charge >= 0.3 is 0 Å². The minimum Gasteiger partial charge on any atom is -0.496 e. The Balaban J connectivity index is 2.18. The molecule has 5 nitrogen and oxygen atoms in total. The van der Waals surface area contributed by atoms with Gasteiger partial charge in [-0.2, -0.15) is 0 Å². The van der Waals surface area contributed by atoms with Crippen molar-refractivity contribution >= 4 is 11.7 Å². The van der Waals surface area contributed by atoms with Gasteiger partial charge in [-0.25, -0.2) is 0 Å². The number of carbonyl (C=O) groups excluding carboxylic acids is 2. The number of ketones is 1. The molecule has 1 heterocycles. The minimum absolute atomic E-state index is 0.0429. The van der Waals surface area contributed by atoms with Crippen LogP contribution in [0.3, 0.4) is 0 Å². The van der Waals surface area contributed by atoms with Gasteiger partial charge in [0, 0.05) is 18.2 Å². The first kappa shape index (κ1) is 16.8. The second-order valence-corrected chi connectivity index (χ2v) is 5.46. The van der Waals surface area contributed by atoms with Crippen LogP contribution in [0, 0.1) is 0 Å². The molecule has 0 radical (unpaired) electrons. The number of carbonyl (C=O) groups is 2. The monoisotopic (exact) mass is 315 g/mol. The Bertz CT molecular complexity index is 691. The highest BCUT2D eigenvalue weighted by Crippen LogP contribution is 2.24. The van der Waals surface area contributed by atoms with Crippen LogP contribution < -0.4 is 4.74 Å². The fraction of sp³-hybridized carbons (Fsp3) is 0.333. The van der Waals surface area contributed by atoms with Crippen molar-refractivity contribution in [3.63, 3.8) is 0 Å². The summed E-state index contributed by atoms with van der Waals surface area (Å²) in [4.78, 5) is 25.7. The highest BCUT2D eigenvalue weighted by Gasteiger charge is 2.21. The molecule has 1 aromatic heterocycles. The highest BCUT2D eigenvalue weighted by atomic mass is 16.5.